The zero-order valence-corrected chi connectivity index (χ0v) is 16.1. The van der Waals surface area contributed by atoms with E-state index in [0.29, 0.717) is 0 Å². The van der Waals surface area contributed by atoms with Crippen LogP contribution in [0.3, 0.4) is 0 Å². The molecule has 1 heterocycles. The summed E-state index contributed by atoms with van der Waals surface area (Å²) in [4.78, 5) is 12.9. The number of fused-ring (bicyclic) bond motifs is 1. The number of hydrogen-bond acceptors (Lipinski definition) is 3. The summed E-state index contributed by atoms with van der Waals surface area (Å²) < 4.78 is 12.6. The summed E-state index contributed by atoms with van der Waals surface area (Å²) >= 11 is 3.55. The van der Waals surface area contributed by atoms with E-state index >= 15 is 0 Å². The van der Waals surface area contributed by atoms with Gasteiger partial charge in [0.15, 0.2) is 12.1 Å². The Hall–Kier alpha value is -1.91. The molecule has 4 rings (SSSR count). The second kappa shape index (κ2) is 7.77. The number of Topliss-reactive ketones (excluding diaryl/α,β-unsaturated/α-hetero) is 1. The van der Waals surface area contributed by atoms with Crippen molar-refractivity contribution in [3.05, 3.63) is 69.2 Å². The van der Waals surface area contributed by atoms with Gasteiger partial charge in [0, 0.05) is 22.0 Å². The lowest BCUT2D eigenvalue weighted by Gasteiger charge is -2.24. The fourth-order valence-corrected chi connectivity index (χ4v) is 3.90. The van der Waals surface area contributed by atoms with Gasteiger partial charge < -0.3 is 9.47 Å². The van der Waals surface area contributed by atoms with Crippen molar-refractivity contribution >= 4 is 27.8 Å². The first-order valence-corrected chi connectivity index (χ1v) is 9.91. The number of allylic oxidation sites excluding steroid dienone is 1. The van der Waals surface area contributed by atoms with Crippen LogP contribution < -0.4 is 4.74 Å². The first-order chi connectivity index (χ1) is 12.7. The quantitative estimate of drug-likeness (QED) is 0.618. The molecule has 0 radical (unpaired) electrons. The van der Waals surface area contributed by atoms with Crippen LogP contribution in [0, 0.1) is 0 Å². The maximum Gasteiger partial charge on any atom is 0.199 e. The van der Waals surface area contributed by atoms with Gasteiger partial charge in [0.25, 0.3) is 0 Å². The number of halogens is 1. The van der Waals surface area contributed by atoms with Crippen molar-refractivity contribution in [2.24, 2.45) is 0 Å². The molecule has 1 unspecified atom stereocenters. The highest BCUT2D eigenvalue weighted by Crippen LogP contribution is 2.31. The van der Waals surface area contributed by atoms with Crippen molar-refractivity contribution < 1.29 is 14.3 Å². The van der Waals surface area contributed by atoms with E-state index in [-0.39, 0.29) is 12.1 Å². The molecule has 1 atom stereocenters. The zero-order chi connectivity index (χ0) is 17.9. The number of hydrogen-bond donors (Lipinski definition) is 0. The molecule has 4 heteroatoms. The second-order valence-corrected chi connectivity index (χ2v) is 7.61. The van der Waals surface area contributed by atoms with Crippen LogP contribution >= 0.6 is 15.9 Å². The molecule has 0 bridgehead atoms. The third-order valence-electron chi connectivity index (χ3n) is 4.92. The van der Waals surface area contributed by atoms with Crippen molar-refractivity contribution in [2.45, 2.75) is 38.4 Å². The Morgan fingerprint density at radius 1 is 1.12 bits per heavy atom. The summed E-state index contributed by atoms with van der Waals surface area (Å²) in [7, 11) is 0. The number of ketones is 1. The minimum Gasteiger partial charge on any atom is -0.465 e. The first kappa shape index (κ1) is 17.5. The van der Waals surface area contributed by atoms with Gasteiger partial charge >= 0.3 is 0 Å². The van der Waals surface area contributed by atoms with E-state index in [0.717, 1.165) is 71.2 Å². The van der Waals surface area contributed by atoms with Crippen molar-refractivity contribution in [3.8, 4) is 5.75 Å². The van der Waals surface area contributed by atoms with E-state index in [2.05, 4.69) is 15.9 Å². The summed E-state index contributed by atoms with van der Waals surface area (Å²) in [5.74, 6) is 0.907. The SMILES string of the molecule is O=C1/C(=C/c2ccccc2Br)CCc2cc(OC3CCCCO3)ccc21. The van der Waals surface area contributed by atoms with E-state index in [9.17, 15) is 4.79 Å². The molecule has 0 amide bonds. The third-order valence-corrected chi connectivity index (χ3v) is 5.64. The second-order valence-electron chi connectivity index (χ2n) is 6.75. The van der Waals surface area contributed by atoms with Crippen LogP contribution in [-0.2, 0) is 11.2 Å². The number of ether oxygens (including phenoxy) is 2. The van der Waals surface area contributed by atoms with Crippen LogP contribution in [0.1, 0.15) is 47.2 Å². The molecule has 0 spiro atoms. The summed E-state index contributed by atoms with van der Waals surface area (Å²) in [5.41, 5.74) is 3.74. The number of carbonyl (C=O) groups is 1. The molecule has 1 aliphatic heterocycles. The minimum absolute atomic E-state index is 0.113. The fraction of sp³-hybridized carbons (Fsp3) is 0.318. The Morgan fingerprint density at radius 3 is 2.81 bits per heavy atom. The van der Waals surface area contributed by atoms with Gasteiger partial charge in [-0.05, 0) is 67.2 Å². The Morgan fingerprint density at radius 2 is 2.00 bits per heavy atom. The van der Waals surface area contributed by atoms with Crippen LogP contribution in [0.5, 0.6) is 5.75 Å². The van der Waals surface area contributed by atoms with Crippen LogP contribution in [0.2, 0.25) is 0 Å². The van der Waals surface area contributed by atoms with Gasteiger partial charge in [-0.15, -0.1) is 0 Å². The van der Waals surface area contributed by atoms with Crippen molar-refractivity contribution in [3.63, 3.8) is 0 Å². The molecule has 0 saturated carbocycles. The zero-order valence-electron chi connectivity index (χ0n) is 14.5. The average Bonchev–Trinajstić information content (AvgIpc) is 2.66. The standard InChI is InChI=1S/C22H21BrO3/c23-20-6-2-1-5-16(20)13-17-9-8-15-14-18(10-11-19(15)22(17)24)26-21-7-3-4-12-25-21/h1-2,5-6,10-11,13-14,21H,3-4,7-9,12H2/b17-13+. The van der Waals surface area contributed by atoms with Gasteiger partial charge in [0.1, 0.15) is 5.75 Å². The molecule has 0 N–H and O–H groups in total. The first-order valence-electron chi connectivity index (χ1n) is 9.12. The summed E-state index contributed by atoms with van der Waals surface area (Å²) in [5, 5.41) is 0. The van der Waals surface area contributed by atoms with Crippen LogP contribution in [0.4, 0.5) is 0 Å². The normalized spacial score (nSPS) is 21.5. The van der Waals surface area contributed by atoms with Crippen LogP contribution in [0.15, 0.2) is 52.5 Å². The van der Waals surface area contributed by atoms with Gasteiger partial charge in [-0.25, -0.2) is 0 Å². The highest BCUT2D eigenvalue weighted by molar-refractivity contribution is 9.10. The van der Waals surface area contributed by atoms with Crippen LogP contribution in [-0.4, -0.2) is 18.7 Å². The number of benzene rings is 2. The van der Waals surface area contributed by atoms with Gasteiger partial charge in [0.05, 0.1) is 6.61 Å². The largest absolute Gasteiger partial charge is 0.465 e. The lowest BCUT2D eigenvalue weighted by Crippen LogP contribution is -2.25. The van der Waals surface area contributed by atoms with E-state index in [1.807, 2.05) is 48.5 Å². The molecule has 2 aliphatic rings. The van der Waals surface area contributed by atoms with Crippen LogP contribution in [0.25, 0.3) is 6.08 Å². The van der Waals surface area contributed by atoms with E-state index in [1.54, 1.807) is 0 Å². The lowest BCUT2D eigenvalue weighted by molar-refractivity contribution is -0.105. The van der Waals surface area contributed by atoms with Gasteiger partial charge in [-0.3, -0.25) is 4.79 Å². The van der Waals surface area contributed by atoms with E-state index < -0.39 is 0 Å². The molecular formula is C22H21BrO3. The fourth-order valence-electron chi connectivity index (χ4n) is 3.50. The smallest absolute Gasteiger partial charge is 0.199 e. The number of aryl methyl sites for hydroxylation is 1. The number of rotatable bonds is 3. The monoisotopic (exact) mass is 412 g/mol. The molecule has 0 aromatic heterocycles. The van der Waals surface area contributed by atoms with Crippen molar-refractivity contribution in [1.82, 2.24) is 0 Å². The summed E-state index contributed by atoms with van der Waals surface area (Å²) in [6, 6.07) is 13.7. The highest BCUT2D eigenvalue weighted by Gasteiger charge is 2.23. The predicted molar refractivity (Wildman–Crippen MR) is 105 cm³/mol. The molecule has 1 aliphatic carbocycles. The Balaban J connectivity index is 1.54. The molecule has 1 saturated heterocycles. The maximum absolute atomic E-state index is 12.9. The average molecular weight is 413 g/mol. The maximum atomic E-state index is 12.9. The Labute approximate surface area is 162 Å². The number of carbonyl (C=O) groups excluding carboxylic acids is 1. The lowest BCUT2D eigenvalue weighted by atomic mass is 9.86. The Bertz CT molecular complexity index is 850. The van der Waals surface area contributed by atoms with E-state index in [1.165, 1.54) is 0 Å². The topological polar surface area (TPSA) is 35.5 Å². The highest BCUT2D eigenvalue weighted by atomic mass is 79.9. The summed E-state index contributed by atoms with van der Waals surface area (Å²) in [6.45, 7) is 0.761. The molecule has 2 aromatic rings. The van der Waals surface area contributed by atoms with Crippen molar-refractivity contribution in [1.29, 1.82) is 0 Å². The molecule has 1 fully saturated rings. The summed E-state index contributed by atoms with van der Waals surface area (Å²) in [6.07, 6.45) is 6.59. The van der Waals surface area contributed by atoms with Crippen molar-refractivity contribution in [2.75, 3.05) is 6.61 Å². The molecule has 3 nitrogen and oxygen atoms in total. The van der Waals surface area contributed by atoms with Gasteiger partial charge in [0.2, 0.25) is 0 Å². The molecular weight excluding hydrogens is 392 g/mol. The van der Waals surface area contributed by atoms with E-state index in [4.69, 9.17) is 9.47 Å². The molecule has 26 heavy (non-hydrogen) atoms. The molecule has 134 valence electrons. The third kappa shape index (κ3) is 3.76. The van der Waals surface area contributed by atoms with Gasteiger partial charge in [-0.1, -0.05) is 34.1 Å². The molecule has 2 aromatic carbocycles. The Kier molecular flexibility index (Phi) is 5.23. The predicted octanol–water partition coefficient (Wildman–Crippen LogP) is 5.57. The minimum atomic E-state index is -0.160. The van der Waals surface area contributed by atoms with Gasteiger partial charge in [-0.2, -0.15) is 0 Å².